The Labute approximate surface area is 80.8 Å². The highest BCUT2D eigenvalue weighted by Gasteiger charge is 2.00. The highest BCUT2D eigenvalue weighted by atomic mass is 32.2. The Hall–Kier alpha value is -1.29. The van der Waals surface area contributed by atoms with Crippen LogP contribution in [0.1, 0.15) is 0 Å². The molecule has 0 amide bonds. The van der Waals surface area contributed by atoms with Crippen LogP contribution in [0.5, 0.6) is 0 Å². The minimum Gasteiger partial charge on any atom is -0.242 e. The van der Waals surface area contributed by atoms with E-state index < -0.39 is 0 Å². The van der Waals surface area contributed by atoms with Crippen molar-refractivity contribution in [2.45, 2.75) is 9.92 Å². The standard InChI is InChI=1S/C9H9N3S/c1-12-9(7-10-11-12)13-8-5-3-2-4-6-8/h2-7H,1H3. The molecule has 0 fully saturated rings. The molecule has 13 heavy (non-hydrogen) atoms. The topological polar surface area (TPSA) is 30.7 Å². The molecule has 0 saturated carbocycles. The summed E-state index contributed by atoms with van der Waals surface area (Å²) in [6, 6.07) is 10.2. The van der Waals surface area contributed by atoms with Gasteiger partial charge in [-0.3, -0.25) is 0 Å². The maximum atomic E-state index is 3.86. The van der Waals surface area contributed by atoms with Crippen LogP contribution in [0.4, 0.5) is 0 Å². The normalized spacial score (nSPS) is 10.2. The first-order valence-electron chi connectivity index (χ1n) is 3.94. The predicted octanol–water partition coefficient (Wildman–Crippen LogP) is 1.97. The van der Waals surface area contributed by atoms with Gasteiger partial charge in [-0.1, -0.05) is 35.2 Å². The maximum absolute atomic E-state index is 3.86. The molecule has 1 heterocycles. The molecule has 2 rings (SSSR count). The quantitative estimate of drug-likeness (QED) is 0.727. The fraction of sp³-hybridized carbons (Fsp3) is 0.111. The molecule has 0 aliphatic heterocycles. The van der Waals surface area contributed by atoms with Gasteiger partial charge in [-0.25, -0.2) is 4.68 Å². The van der Waals surface area contributed by atoms with Crippen molar-refractivity contribution in [2.24, 2.45) is 7.05 Å². The van der Waals surface area contributed by atoms with Gasteiger partial charge in [0, 0.05) is 11.9 Å². The molecule has 0 N–H and O–H groups in total. The Bertz CT molecular complexity index is 383. The SMILES string of the molecule is Cn1nncc1Sc1ccccc1. The molecule has 3 nitrogen and oxygen atoms in total. The lowest BCUT2D eigenvalue weighted by Crippen LogP contribution is -1.91. The molecule has 0 aliphatic carbocycles. The molecule has 66 valence electrons. The maximum Gasteiger partial charge on any atom is 0.119 e. The van der Waals surface area contributed by atoms with E-state index in [0.29, 0.717) is 0 Å². The van der Waals surface area contributed by atoms with E-state index in [1.165, 1.54) is 4.90 Å². The monoisotopic (exact) mass is 191 g/mol. The van der Waals surface area contributed by atoms with Crippen LogP contribution in [-0.2, 0) is 7.05 Å². The Morgan fingerprint density at radius 3 is 2.62 bits per heavy atom. The highest BCUT2D eigenvalue weighted by molar-refractivity contribution is 7.99. The molecule has 0 radical (unpaired) electrons. The highest BCUT2D eigenvalue weighted by Crippen LogP contribution is 2.25. The van der Waals surface area contributed by atoms with E-state index in [0.717, 1.165) is 5.03 Å². The lowest BCUT2D eigenvalue weighted by Gasteiger charge is -1.98. The Balaban J connectivity index is 2.20. The summed E-state index contributed by atoms with van der Waals surface area (Å²) in [6.45, 7) is 0. The zero-order valence-electron chi connectivity index (χ0n) is 7.21. The molecule has 0 bridgehead atoms. The molecule has 2 aromatic rings. The Morgan fingerprint density at radius 1 is 1.23 bits per heavy atom. The number of aryl methyl sites for hydroxylation is 1. The number of benzene rings is 1. The van der Waals surface area contributed by atoms with Crippen LogP contribution in [0.15, 0.2) is 46.5 Å². The molecule has 0 spiro atoms. The molecule has 4 heteroatoms. The van der Waals surface area contributed by atoms with Crippen molar-refractivity contribution in [1.82, 2.24) is 15.0 Å². The van der Waals surface area contributed by atoms with Crippen molar-refractivity contribution in [3.8, 4) is 0 Å². The molecule has 0 aliphatic rings. The van der Waals surface area contributed by atoms with Crippen LogP contribution in [0.25, 0.3) is 0 Å². The smallest absolute Gasteiger partial charge is 0.119 e. The number of nitrogens with zero attached hydrogens (tertiary/aromatic N) is 3. The first kappa shape index (κ1) is 8.31. The van der Waals surface area contributed by atoms with Crippen LogP contribution in [0.3, 0.4) is 0 Å². The summed E-state index contributed by atoms with van der Waals surface area (Å²) < 4.78 is 1.76. The largest absolute Gasteiger partial charge is 0.242 e. The minimum absolute atomic E-state index is 1.05. The fourth-order valence-electron chi connectivity index (χ4n) is 0.982. The van der Waals surface area contributed by atoms with E-state index >= 15 is 0 Å². The first-order chi connectivity index (χ1) is 6.36. The van der Waals surface area contributed by atoms with Gasteiger partial charge < -0.3 is 0 Å². The van der Waals surface area contributed by atoms with Crippen LogP contribution >= 0.6 is 11.8 Å². The van der Waals surface area contributed by atoms with E-state index in [2.05, 4.69) is 22.4 Å². The third kappa shape index (κ3) is 1.89. The van der Waals surface area contributed by atoms with Crippen molar-refractivity contribution in [2.75, 3.05) is 0 Å². The predicted molar refractivity (Wildman–Crippen MR) is 51.6 cm³/mol. The fourth-order valence-corrected chi connectivity index (χ4v) is 1.79. The van der Waals surface area contributed by atoms with Crippen molar-refractivity contribution in [1.29, 1.82) is 0 Å². The Morgan fingerprint density at radius 2 is 2.00 bits per heavy atom. The average Bonchev–Trinajstić information content (AvgIpc) is 2.54. The van der Waals surface area contributed by atoms with Gasteiger partial charge in [-0.05, 0) is 12.1 Å². The molecule has 0 atom stereocenters. The molecular weight excluding hydrogens is 182 g/mol. The summed E-state index contributed by atoms with van der Waals surface area (Å²) in [5, 5.41) is 8.72. The van der Waals surface area contributed by atoms with Gasteiger partial charge in [-0.15, -0.1) is 5.10 Å². The van der Waals surface area contributed by atoms with Crippen LogP contribution in [-0.4, -0.2) is 15.0 Å². The molecule has 0 saturated heterocycles. The molecule has 0 unspecified atom stereocenters. The third-order valence-electron chi connectivity index (χ3n) is 1.64. The summed E-state index contributed by atoms with van der Waals surface area (Å²) in [4.78, 5) is 1.20. The van der Waals surface area contributed by atoms with E-state index in [4.69, 9.17) is 0 Å². The van der Waals surface area contributed by atoms with Gasteiger partial charge in [0.15, 0.2) is 0 Å². The van der Waals surface area contributed by atoms with Crippen LogP contribution in [0.2, 0.25) is 0 Å². The van der Waals surface area contributed by atoms with Gasteiger partial charge in [0.2, 0.25) is 0 Å². The summed E-state index contributed by atoms with van der Waals surface area (Å²) >= 11 is 1.66. The van der Waals surface area contributed by atoms with Crippen LogP contribution in [0, 0.1) is 0 Å². The molecule has 1 aromatic carbocycles. The van der Waals surface area contributed by atoms with E-state index in [-0.39, 0.29) is 0 Å². The second-order valence-corrected chi connectivity index (χ2v) is 3.70. The van der Waals surface area contributed by atoms with Gasteiger partial charge in [0.05, 0.1) is 6.20 Å². The van der Waals surface area contributed by atoms with Gasteiger partial charge >= 0.3 is 0 Å². The number of rotatable bonds is 2. The van der Waals surface area contributed by atoms with Crippen molar-refractivity contribution in [3.63, 3.8) is 0 Å². The van der Waals surface area contributed by atoms with E-state index in [1.807, 2.05) is 25.2 Å². The zero-order valence-corrected chi connectivity index (χ0v) is 8.03. The van der Waals surface area contributed by atoms with Gasteiger partial charge in [-0.2, -0.15) is 0 Å². The van der Waals surface area contributed by atoms with Crippen LogP contribution < -0.4 is 0 Å². The summed E-state index contributed by atoms with van der Waals surface area (Å²) in [5.41, 5.74) is 0. The Kier molecular flexibility index (Phi) is 2.31. The van der Waals surface area contributed by atoms with Crippen molar-refractivity contribution in [3.05, 3.63) is 36.5 Å². The molecular formula is C9H9N3S. The minimum atomic E-state index is 1.05. The molecule has 1 aromatic heterocycles. The first-order valence-corrected chi connectivity index (χ1v) is 4.75. The lowest BCUT2D eigenvalue weighted by atomic mass is 10.4. The number of hydrogen-bond donors (Lipinski definition) is 0. The van der Waals surface area contributed by atoms with Crippen molar-refractivity contribution >= 4 is 11.8 Å². The number of hydrogen-bond acceptors (Lipinski definition) is 3. The van der Waals surface area contributed by atoms with Crippen molar-refractivity contribution < 1.29 is 0 Å². The second kappa shape index (κ2) is 3.62. The van der Waals surface area contributed by atoms with Gasteiger partial charge in [0.25, 0.3) is 0 Å². The summed E-state index contributed by atoms with van der Waals surface area (Å²) in [5.74, 6) is 0. The second-order valence-electron chi connectivity index (χ2n) is 2.61. The number of aromatic nitrogens is 3. The average molecular weight is 191 g/mol. The zero-order chi connectivity index (χ0) is 9.10. The summed E-state index contributed by atoms with van der Waals surface area (Å²) in [7, 11) is 1.89. The third-order valence-corrected chi connectivity index (χ3v) is 2.73. The van der Waals surface area contributed by atoms with Gasteiger partial charge in [0.1, 0.15) is 5.03 Å². The van der Waals surface area contributed by atoms with E-state index in [1.54, 1.807) is 22.6 Å². The lowest BCUT2D eigenvalue weighted by molar-refractivity contribution is 0.665. The van der Waals surface area contributed by atoms with E-state index in [9.17, 15) is 0 Å². The summed E-state index contributed by atoms with van der Waals surface area (Å²) in [6.07, 6.45) is 1.76.